The van der Waals surface area contributed by atoms with Crippen LogP contribution in [0.4, 0.5) is 5.95 Å². The highest BCUT2D eigenvalue weighted by molar-refractivity contribution is 7.99. The molecule has 0 aliphatic carbocycles. The van der Waals surface area contributed by atoms with Crippen molar-refractivity contribution in [1.82, 2.24) is 19.7 Å². The Kier molecular flexibility index (Phi) is 3.82. The van der Waals surface area contributed by atoms with E-state index in [0.717, 1.165) is 22.3 Å². The van der Waals surface area contributed by atoms with E-state index in [1.54, 1.807) is 10.1 Å². The van der Waals surface area contributed by atoms with E-state index in [9.17, 15) is 4.79 Å². The lowest BCUT2D eigenvalue weighted by molar-refractivity contribution is -0.133. The second kappa shape index (κ2) is 5.36. The van der Waals surface area contributed by atoms with Gasteiger partial charge in [-0.1, -0.05) is 11.8 Å². The van der Waals surface area contributed by atoms with Crippen LogP contribution in [0.1, 0.15) is 10.6 Å². The Hall–Kier alpha value is -1.61. The molecule has 0 unspecified atom stereocenters. The molecule has 0 amide bonds. The van der Waals surface area contributed by atoms with Crippen LogP contribution in [0.2, 0.25) is 0 Å². The Morgan fingerprint density at radius 1 is 1.61 bits per heavy atom. The molecule has 18 heavy (non-hydrogen) atoms. The molecule has 0 radical (unpaired) electrons. The highest BCUT2D eigenvalue weighted by Crippen LogP contribution is 2.22. The van der Waals surface area contributed by atoms with Gasteiger partial charge >= 0.3 is 5.97 Å². The number of aliphatic carboxylic acids is 1. The summed E-state index contributed by atoms with van der Waals surface area (Å²) in [6.07, 6.45) is 0. The Balaban J connectivity index is 2.19. The molecule has 0 bridgehead atoms. The van der Waals surface area contributed by atoms with Crippen LogP contribution in [-0.2, 0) is 11.3 Å². The van der Waals surface area contributed by atoms with Crippen molar-refractivity contribution in [3.8, 4) is 0 Å². The van der Waals surface area contributed by atoms with Crippen molar-refractivity contribution in [3.05, 3.63) is 16.1 Å². The Labute approximate surface area is 111 Å². The van der Waals surface area contributed by atoms with Gasteiger partial charge < -0.3 is 10.8 Å². The molecule has 9 heteroatoms. The van der Waals surface area contributed by atoms with E-state index < -0.39 is 5.97 Å². The van der Waals surface area contributed by atoms with Crippen molar-refractivity contribution in [2.75, 3.05) is 11.5 Å². The zero-order valence-corrected chi connectivity index (χ0v) is 11.2. The third kappa shape index (κ3) is 2.79. The number of thioether (sulfide) groups is 1. The highest BCUT2D eigenvalue weighted by Gasteiger charge is 2.13. The lowest BCUT2D eigenvalue weighted by Crippen LogP contribution is -2.07. The van der Waals surface area contributed by atoms with Crippen molar-refractivity contribution in [2.45, 2.75) is 18.6 Å². The van der Waals surface area contributed by atoms with E-state index in [1.165, 1.54) is 11.3 Å². The summed E-state index contributed by atoms with van der Waals surface area (Å²) in [6.45, 7) is 2.42. The first kappa shape index (κ1) is 12.8. The van der Waals surface area contributed by atoms with E-state index in [-0.39, 0.29) is 11.7 Å². The molecule has 2 heterocycles. The topological polar surface area (TPSA) is 107 Å². The lowest BCUT2D eigenvalue weighted by atomic mass is 10.4. The largest absolute Gasteiger partial charge is 0.481 e. The molecular formula is C9H11N5O2S2. The number of anilines is 1. The first-order valence-electron chi connectivity index (χ1n) is 5.00. The summed E-state index contributed by atoms with van der Waals surface area (Å²) < 4.78 is 1.69. The smallest absolute Gasteiger partial charge is 0.313 e. The van der Waals surface area contributed by atoms with Gasteiger partial charge in [0.15, 0.2) is 5.16 Å². The average Bonchev–Trinajstić information content (AvgIpc) is 2.86. The predicted molar refractivity (Wildman–Crippen MR) is 68.7 cm³/mol. The number of carbonyl (C=O) groups is 1. The highest BCUT2D eigenvalue weighted by atomic mass is 32.2. The normalized spacial score (nSPS) is 10.7. The summed E-state index contributed by atoms with van der Waals surface area (Å²) in [5.41, 5.74) is 8.42. The molecule has 2 aromatic rings. The van der Waals surface area contributed by atoms with Crippen LogP contribution in [0.25, 0.3) is 0 Å². The van der Waals surface area contributed by atoms with Crippen LogP contribution in [-0.4, -0.2) is 36.6 Å². The van der Waals surface area contributed by atoms with Crippen molar-refractivity contribution in [3.63, 3.8) is 0 Å². The fourth-order valence-electron chi connectivity index (χ4n) is 1.30. The van der Waals surface area contributed by atoms with Crippen LogP contribution in [0, 0.1) is 6.92 Å². The minimum absolute atomic E-state index is 0.0696. The average molecular weight is 285 g/mol. The standard InChI is InChI=1S/C9H11N5O2S2/c1-5-6(18-4-11-5)2-14-8(10)12-13-9(14)17-3-7(15)16/h4H,2-3H2,1H3,(H2,10,12)(H,15,16). The van der Waals surface area contributed by atoms with Crippen molar-refractivity contribution >= 4 is 35.0 Å². The zero-order valence-electron chi connectivity index (χ0n) is 9.53. The number of thiazole rings is 1. The molecule has 0 atom stereocenters. The van der Waals surface area contributed by atoms with E-state index in [1.807, 2.05) is 6.92 Å². The molecule has 2 aromatic heterocycles. The maximum absolute atomic E-state index is 10.5. The molecule has 96 valence electrons. The Bertz CT molecular complexity index is 565. The zero-order chi connectivity index (χ0) is 13.1. The van der Waals surface area contributed by atoms with Gasteiger partial charge in [-0.2, -0.15) is 0 Å². The second-order valence-corrected chi connectivity index (χ2v) is 5.35. The number of nitrogen functional groups attached to an aromatic ring is 1. The number of hydrogen-bond donors (Lipinski definition) is 2. The monoisotopic (exact) mass is 285 g/mol. The van der Waals surface area contributed by atoms with Crippen LogP contribution >= 0.6 is 23.1 Å². The number of aryl methyl sites for hydroxylation is 1. The maximum Gasteiger partial charge on any atom is 0.313 e. The van der Waals surface area contributed by atoms with Gasteiger partial charge in [-0.3, -0.25) is 9.36 Å². The number of aromatic nitrogens is 4. The predicted octanol–water partition coefficient (Wildman–Crippen LogP) is 0.850. The third-order valence-corrected chi connectivity index (χ3v) is 4.09. The maximum atomic E-state index is 10.5. The Morgan fingerprint density at radius 2 is 2.39 bits per heavy atom. The van der Waals surface area contributed by atoms with E-state index in [2.05, 4.69) is 15.2 Å². The minimum Gasteiger partial charge on any atom is -0.481 e. The number of carboxylic acids is 1. The van der Waals surface area contributed by atoms with Gasteiger partial charge in [0.2, 0.25) is 5.95 Å². The van der Waals surface area contributed by atoms with Crippen LogP contribution in [0.3, 0.4) is 0 Å². The van der Waals surface area contributed by atoms with Gasteiger partial charge in [-0.15, -0.1) is 21.5 Å². The summed E-state index contributed by atoms with van der Waals surface area (Å²) in [4.78, 5) is 15.8. The minimum atomic E-state index is -0.901. The summed E-state index contributed by atoms with van der Waals surface area (Å²) in [5.74, 6) is -0.697. The van der Waals surface area contributed by atoms with Crippen LogP contribution in [0.15, 0.2) is 10.7 Å². The summed E-state index contributed by atoms with van der Waals surface area (Å²) in [7, 11) is 0. The Morgan fingerprint density at radius 3 is 3.00 bits per heavy atom. The number of nitrogens with zero attached hydrogens (tertiary/aromatic N) is 4. The van der Waals surface area contributed by atoms with Crippen LogP contribution < -0.4 is 5.73 Å². The van der Waals surface area contributed by atoms with E-state index >= 15 is 0 Å². The van der Waals surface area contributed by atoms with Crippen LogP contribution in [0.5, 0.6) is 0 Å². The number of nitrogens with two attached hydrogens (primary N) is 1. The van der Waals surface area contributed by atoms with Gasteiger partial charge in [-0.05, 0) is 6.92 Å². The molecular weight excluding hydrogens is 274 g/mol. The SMILES string of the molecule is Cc1ncsc1Cn1c(N)nnc1SCC(=O)O. The number of rotatable bonds is 5. The van der Waals surface area contributed by atoms with Gasteiger partial charge in [0.25, 0.3) is 0 Å². The molecule has 0 saturated heterocycles. The molecule has 0 aliphatic heterocycles. The van der Waals surface area contributed by atoms with Gasteiger partial charge in [-0.25, -0.2) is 4.98 Å². The van der Waals surface area contributed by atoms with Gasteiger partial charge in [0.1, 0.15) is 0 Å². The molecule has 3 N–H and O–H groups in total. The summed E-state index contributed by atoms with van der Waals surface area (Å²) in [6, 6.07) is 0. The molecule has 0 spiro atoms. The fraction of sp³-hybridized carbons (Fsp3) is 0.333. The molecule has 0 aliphatic rings. The first-order valence-corrected chi connectivity index (χ1v) is 6.86. The summed E-state index contributed by atoms with van der Waals surface area (Å²) >= 11 is 2.62. The van der Waals surface area contributed by atoms with Crippen molar-refractivity contribution < 1.29 is 9.90 Å². The third-order valence-electron chi connectivity index (χ3n) is 2.22. The summed E-state index contributed by atoms with van der Waals surface area (Å²) in [5, 5.41) is 16.8. The molecule has 0 aromatic carbocycles. The molecule has 0 fully saturated rings. The second-order valence-electron chi connectivity index (χ2n) is 3.47. The first-order chi connectivity index (χ1) is 8.58. The quantitative estimate of drug-likeness (QED) is 0.784. The molecule has 2 rings (SSSR count). The van der Waals surface area contributed by atoms with Gasteiger partial charge in [0, 0.05) is 4.88 Å². The fourth-order valence-corrected chi connectivity index (χ4v) is 2.73. The van der Waals surface area contributed by atoms with Crippen molar-refractivity contribution in [2.24, 2.45) is 0 Å². The van der Waals surface area contributed by atoms with E-state index in [4.69, 9.17) is 10.8 Å². The van der Waals surface area contributed by atoms with E-state index in [0.29, 0.717) is 11.7 Å². The number of hydrogen-bond acceptors (Lipinski definition) is 7. The molecule has 7 nitrogen and oxygen atoms in total. The number of carboxylic acid groups (broad SMARTS) is 1. The van der Waals surface area contributed by atoms with Crippen molar-refractivity contribution in [1.29, 1.82) is 0 Å². The van der Waals surface area contributed by atoms with Gasteiger partial charge in [0.05, 0.1) is 23.5 Å². The lowest BCUT2D eigenvalue weighted by Gasteiger charge is -2.05. The molecule has 0 saturated carbocycles.